The zero-order chi connectivity index (χ0) is 23.3. The van der Waals surface area contributed by atoms with Gasteiger partial charge in [-0.15, -0.1) is 0 Å². The van der Waals surface area contributed by atoms with E-state index < -0.39 is 17.8 Å². The van der Waals surface area contributed by atoms with Crippen LogP contribution < -0.4 is 10.6 Å². The first-order chi connectivity index (χ1) is 15.3. The van der Waals surface area contributed by atoms with Crippen molar-refractivity contribution in [3.05, 3.63) is 70.5 Å². The van der Waals surface area contributed by atoms with Crippen LogP contribution in [0.15, 0.2) is 62.8 Å². The smallest absolute Gasteiger partial charge is 0.343 e. The second-order valence-electron chi connectivity index (χ2n) is 6.98. The number of furan rings is 1. The number of aliphatic hydroxyl groups excluding tert-OH is 1. The number of aryl methyl sites for hydroxylation is 1. The minimum Gasteiger partial charge on any atom is -0.505 e. The molecule has 166 valence electrons. The summed E-state index contributed by atoms with van der Waals surface area (Å²) in [6.07, 6.45) is 1.46. The molecule has 2 amide bonds. The average molecular weight is 437 g/mol. The quantitative estimate of drug-likeness (QED) is 0.470. The zero-order valence-electron chi connectivity index (χ0n) is 17.9. The van der Waals surface area contributed by atoms with Gasteiger partial charge in [0.15, 0.2) is 5.76 Å². The van der Waals surface area contributed by atoms with Gasteiger partial charge in [0.05, 0.1) is 18.9 Å². The van der Waals surface area contributed by atoms with Crippen molar-refractivity contribution in [3.63, 3.8) is 0 Å². The van der Waals surface area contributed by atoms with Gasteiger partial charge in [-0.1, -0.05) is 17.7 Å². The summed E-state index contributed by atoms with van der Waals surface area (Å²) in [6, 6.07) is 10.3. The molecular formula is C23H23N3O6. The lowest BCUT2D eigenvalue weighted by molar-refractivity contribution is -0.138. The van der Waals surface area contributed by atoms with Crippen molar-refractivity contribution in [3.8, 4) is 0 Å². The van der Waals surface area contributed by atoms with Crippen molar-refractivity contribution in [2.75, 3.05) is 11.9 Å². The molecule has 3 N–H and O–H groups in total. The first-order valence-corrected chi connectivity index (χ1v) is 9.91. The number of amides is 2. The Morgan fingerprint density at radius 2 is 1.81 bits per heavy atom. The third-order valence-electron chi connectivity index (χ3n) is 4.51. The van der Waals surface area contributed by atoms with Gasteiger partial charge in [0.2, 0.25) is 0 Å². The Morgan fingerprint density at radius 3 is 2.50 bits per heavy atom. The summed E-state index contributed by atoms with van der Waals surface area (Å²) < 4.78 is 10.5. The number of hydrogen-bond acceptors (Lipinski definition) is 7. The number of rotatable bonds is 6. The van der Waals surface area contributed by atoms with Crippen LogP contribution >= 0.6 is 0 Å². The molecule has 1 aromatic heterocycles. The highest BCUT2D eigenvalue weighted by Gasteiger charge is 2.27. The number of hydrogen-bond donors (Lipinski definition) is 3. The van der Waals surface area contributed by atoms with Crippen molar-refractivity contribution >= 4 is 35.3 Å². The summed E-state index contributed by atoms with van der Waals surface area (Å²) in [5.74, 6) is -1.80. The van der Waals surface area contributed by atoms with Crippen LogP contribution in [0, 0.1) is 6.92 Å². The van der Waals surface area contributed by atoms with E-state index in [4.69, 9.17) is 9.15 Å². The lowest BCUT2D eigenvalue weighted by atomic mass is 10.1. The van der Waals surface area contributed by atoms with Crippen molar-refractivity contribution in [1.82, 2.24) is 5.32 Å². The fraction of sp³-hybridized carbons (Fsp3) is 0.217. The molecule has 0 bridgehead atoms. The van der Waals surface area contributed by atoms with Gasteiger partial charge in [-0.3, -0.25) is 9.59 Å². The Morgan fingerprint density at radius 1 is 1.09 bits per heavy atom. The minimum absolute atomic E-state index is 0.0109. The highest BCUT2D eigenvalue weighted by Crippen LogP contribution is 2.26. The number of ether oxygens (including phenoxy) is 1. The SMILES string of the molecule is CCOC(=O)C1=C(O)/C(=C/c2ccc(CNC(=O)C(=O)Nc3ccc(C)cc3)o2)N=C1C. The fourth-order valence-corrected chi connectivity index (χ4v) is 2.91. The summed E-state index contributed by atoms with van der Waals surface area (Å²) in [7, 11) is 0. The predicted molar refractivity (Wildman–Crippen MR) is 118 cm³/mol. The molecule has 0 saturated heterocycles. The van der Waals surface area contributed by atoms with Gasteiger partial charge >= 0.3 is 17.8 Å². The lowest BCUT2D eigenvalue weighted by Crippen LogP contribution is -2.34. The van der Waals surface area contributed by atoms with E-state index in [9.17, 15) is 19.5 Å². The van der Waals surface area contributed by atoms with Gasteiger partial charge in [-0.05, 0) is 45.0 Å². The minimum atomic E-state index is -0.808. The molecule has 32 heavy (non-hydrogen) atoms. The number of aliphatic imine (C=N–C) groups is 1. The monoisotopic (exact) mass is 437 g/mol. The lowest BCUT2D eigenvalue weighted by Gasteiger charge is -2.05. The van der Waals surface area contributed by atoms with Crippen molar-refractivity contribution < 1.29 is 28.6 Å². The summed E-state index contributed by atoms with van der Waals surface area (Å²) in [5, 5.41) is 15.3. The molecule has 1 aliphatic rings. The van der Waals surface area contributed by atoms with Crippen LogP contribution in [0.5, 0.6) is 0 Å². The summed E-state index contributed by atoms with van der Waals surface area (Å²) >= 11 is 0. The molecule has 0 spiro atoms. The molecule has 0 saturated carbocycles. The number of carbonyl (C=O) groups excluding carboxylic acids is 3. The van der Waals surface area contributed by atoms with E-state index in [1.54, 1.807) is 38.1 Å². The third kappa shape index (κ3) is 5.31. The number of aliphatic hydroxyl groups is 1. The van der Waals surface area contributed by atoms with Crippen LogP contribution in [0.3, 0.4) is 0 Å². The Bertz CT molecular complexity index is 1140. The highest BCUT2D eigenvalue weighted by molar-refractivity contribution is 6.39. The predicted octanol–water partition coefficient (Wildman–Crippen LogP) is 3.03. The topological polar surface area (TPSA) is 130 Å². The molecule has 1 aliphatic heterocycles. The molecule has 0 aliphatic carbocycles. The molecule has 9 nitrogen and oxygen atoms in total. The molecular weight excluding hydrogens is 414 g/mol. The Kier molecular flexibility index (Phi) is 6.89. The van der Waals surface area contributed by atoms with Gasteiger partial charge in [-0.2, -0.15) is 0 Å². The molecule has 2 heterocycles. The van der Waals surface area contributed by atoms with E-state index in [2.05, 4.69) is 15.6 Å². The Balaban J connectivity index is 1.60. The second kappa shape index (κ2) is 9.78. The number of esters is 1. The highest BCUT2D eigenvalue weighted by atomic mass is 16.5. The largest absolute Gasteiger partial charge is 0.505 e. The summed E-state index contributed by atoms with van der Waals surface area (Å²) in [4.78, 5) is 40.2. The van der Waals surface area contributed by atoms with Crippen LogP contribution in [0.1, 0.15) is 30.9 Å². The van der Waals surface area contributed by atoms with Crippen LogP contribution in [-0.4, -0.2) is 35.2 Å². The van der Waals surface area contributed by atoms with Crippen LogP contribution in [-0.2, 0) is 25.7 Å². The van der Waals surface area contributed by atoms with E-state index in [0.29, 0.717) is 22.9 Å². The maximum Gasteiger partial charge on any atom is 0.343 e. The third-order valence-corrected chi connectivity index (χ3v) is 4.51. The Hall–Kier alpha value is -4.14. The maximum atomic E-state index is 12.0. The van der Waals surface area contributed by atoms with Crippen LogP contribution in [0.4, 0.5) is 5.69 Å². The molecule has 1 aromatic carbocycles. The number of carbonyl (C=O) groups is 3. The summed E-state index contributed by atoms with van der Waals surface area (Å²) in [5.41, 5.74) is 2.07. The van der Waals surface area contributed by atoms with Gasteiger partial charge in [0.25, 0.3) is 0 Å². The fourth-order valence-electron chi connectivity index (χ4n) is 2.91. The van der Waals surface area contributed by atoms with E-state index >= 15 is 0 Å². The molecule has 0 fully saturated rings. The molecule has 2 aromatic rings. The second-order valence-corrected chi connectivity index (χ2v) is 6.98. The molecule has 9 heteroatoms. The van der Waals surface area contributed by atoms with Gasteiger partial charge < -0.3 is 24.9 Å². The first-order valence-electron chi connectivity index (χ1n) is 9.91. The van der Waals surface area contributed by atoms with Crippen molar-refractivity contribution in [1.29, 1.82) is 0 Å². The normalized spacial score (nSPS) is 14.3. The standard InChI is InChI=1S/C23H23N3O6/c1-4-31-23(30)19-14(3)25-18(20(19)27)11-16-9-10-17(32-16)12-24-21(28)22(29)26-15-7-5-13(2)6-8-15/h5-11,27H,4,12H2,1-3H3,(H,24,28)(H,26,29)/b18-11-. The van der Waals surface area contributed by atoms with E-state index in [1.807, 2.05) is 19.1 Å². The van der Waals surface area contributed by atoms with Gasteiger partial charge in [0, 0.05) is 11.8 Å². The zero-order valence-corrected chi connectivity index (χ0v) is 17.9. The van der Waals surface area contributed by atoms with E-state index in [-0.39, 0.29) is 30.2 Å². The van der Waals surface area contributed by atoms with Crippen molar-refractivity contribution in [2.24, 2.45) is 4.99 Å². The number of benzene rings is 1. The van der Waals surface area contributed by atoms with E-state index in [0.717, 1.165) is 5.56 Å². The number of nitrogens with zero attached hydrogens (tertiary/aromatic N) is 1. The van der Waals surface area contributed by atoms with Crippen molar-refractivity contribution in [2.45, 2.75) is 27.3 Å². The molecule has 3 rings (SSSR count). The van der Waals surface area contributed by atoms with Crippen LogP contribution in [0.25, 0.3) is 6.08 Å². The molecule has 0 unspecified atom stereocenters. The first kappa shape index (κ1) is 22.5. The number of nitrogens with one attached hydrogen (secondary N) is 2. The summed E-state index contributed by atoms with van der Waals surface area (Å²) in [6.45, 7) is 5.35. The molecule has 0 radical (unpaired) electrons. The van der Waals surface area contributed by atoms with Crippen LogP contribution in [0.2, 0.25) is 0 Å². The van der Waals surface area contributed by atoms with Gasteiger partial charge in [-0.25, -0.2) is 9.79 Å². The van der Waals surface area contributed by atoms with E-state index in [1.165, 1.54) is 6.08 Å². The van der Waals surface area contributed by atoms with Gasteiger partial charge in [0.1, 0.15) is 22.8 Å². The maximum absolute atomic E-state index is 12.0. The number of anilines is 1. The molecule has 0 atom stereocenters. The average Bonchev–Trinajstić information content (AvgIpc) is 3.31. The Labute approximate surface area is 184 Å².